The Kier molecular flexibility index (Phi) is 5.31. The Hall–Kier alpha value is -2.09. The van der Waals surface area contributed by atoms with Crippen molar-refractivity contribution < 1.29 is 18.0 Å². The number of amides is 3. The van der Waals surface area contributed by atoms with Crippen LogP contribution in [0, 0.1) is 13.8 Å². The van der Waals surface area contributed by atoms with Gasteiger partial charge < -0.3 is 9.80 Å². The maximum atomic E-state index is 13.3. The highest BCUT2D eigenvalue weighted by molar-refractivity contribution is 7.91. The molecule has 3 amide bonds. The van der Waals surface area contributed by atoms with Crippen LogP contribution >= 0.6 is 0 Å². The van der Waals surface area contributed by atoms with E-state index in [-0.39, 0.29) is 30.0 Å². The minimum absolute atomic E-state index is 0.0448. The molecule has 0 spiro atoms. The topological polar surface area (TPSA) is 78.0 Å². The maximum Gasteiger partial charge on any atom is 0.325 e. The van der Waals surface area contributed by atoms with Crippen LogP contribution in [0.4, 0.5) is 10.5 Å². The summed E-state index contributed by atoms with van der Waals surface area (Å²) in [5.41, 5.74) is 2.75. The number of carbonyl (C=O) groups excluding carboxylic acids is 2. The molecule has 3 fully saturated rings. The Bertz CT molecular complexity index is 902. The lowest BCUT2D eigenvalue weighted by Crippen LogP contribution is -2.46. The van der Waals surface area contributed by atoms with Crippen LogP contribution in [0.3, 0.4) is 0 Å². The summed E-state index contributed by atoms with van der Waals surface area (Å²) < 4.78 is 24.8. The summed E-state index contributed by atoms with van der Waals surface area (Å²) >= 11 is 0. The lowest BCUT2D eigenvalue weighted by molar-refractivity contribution is -0.131. The SMILES string of the molecule is Cc1cc(C)cc(N2C(=O)N(CC(=O)N3CCCCCC3)[C@@H]3CS(=O)(=O)C[C@H]32)c1. The van der Waals surface area contributed by atoms with E-state index in [4.69, 9.17) is 0 Å². The summed E-state index contributed by atoms with van der Waals surface area (Å²) in [5, 5.41) is 0. The molecular formula is C21H29N3O4S. The van der Waals surface area contributed by atoms with E-state index in [1.165, 1.54) is 4.90 Å². The van der Waals surface area contributed by atoms with Crippen molar-refractivity contribution in [1.82, 2.24) is 9.80 Å². The summed E-state index contributed by atoms with van der Waals surface area (Å²) in [7, 11) is -3.25. The molecule has 3 heterocycles. The lowest BCUT2D eigenvalue weighted by Gasteiger charge is -2.26. The molecule has 4 rings (SSSR count). The zero-order chi connectivity index (χ0) is 20.8. The summed E-state index contributed by atoms with van der Waals surface area (Å²) in [6.45, 7) is 5.31. The number of benzene rings is 1. The molecular weight excluding hydrogens is 390 g/mol. The van der Waals surface area contributed by atoms with E-state index in [0.717, 1.165) is 36.8 Å². The first kappa shape index (κ1) is 20.2. The number of aryl methyl sites for hydroxylation is 2. The van der Waals surface area contributed by atoms with E-state index >= 15 is 0 Å². The van der Waals surface area contributed by atoms with Crippen molar-refractivity contribution >= 4 is 27.5 Å². The summed E-state index contributed by atoms with van der Waals surface area (Å²) in [5.74, 6) is -0.200. The van der Waals surface area contributed by atoms with Gasteiger partial charge in [-0.1, -0.05) is 18.9 Å². The van der Waals surface area contributed by atoms with E-state index in [9.17, 15) is 18.0 Å². The molecule has 29 heavy (non-hydrogen) atoms. The average Bonchev–Trinajstić information content (AvgIpc) is 2.92. The number of likely N-dealkylation sites (tertiary alicyclic amines) is 1. The van der Waals surface area contributed by atoms with Crippen LogP contribution in [0.1, 0.15) is 36.8 Å². The first-order valence-corrected chi connectivity index (χ1v) is 12.2. The van der Waals surface area contributed by atoms with Crippen LogP contribution in [0.2, 0.25) is 0 Å². The molecule has 3 saturated heterocycles. The first-order chi connectivity index (χ1) is 13.7. The Labute approximate surface area is 172 Å². The Balaban J connectivity index is 1.62. The summed E-state index contributed by atoms with van der Waals surface area (Å²) in [6.07, 6.45) is 4.20. The maximum absolute atomic E-state index is 13.3. The number of anilines is 1. The van der Waals surface area contributed by atoms with Crippen molar-refractivity contribution in [2.45, 2.75) is 51.6 Å². The van der Waals surface area contributed by atoms with Crippen molar-refractivity contribution in [3.8, 4) is 0 Å². The highest BCUT2D eigenvalue weighted by Gasteiger charge is 2.54. The van der Waals surface area contributed by atoms with Crippen LogP contribution in [0.15, 0.2) is 18.2 Å². The highest BCUT2D eigenvalue weighted by atomic mass is 32.2. The molecule has 3 aliphatic heterocycles. The number of fused-ring (bicyclic) bond motifs is 1. The summed E-state index contributed by atoms with van der Waals surface area (Å²) in [6, 6.07) is 4.67. The fourth-order valence-electron chi connectivity index (χ4n) is 4.92. The molecule has 1 aromatic carbocycles. The van der Waals surface area contributed by atoms with E-state index in [1.807, 2.05) is 36.9 Å². The number of sulfone groups is 1. The fraction of sp³-hybridized carbons (Fsp3) is 0.619. The van der Waals surface area contributed by atoms with Gasteiger partial charge in [-0.25, -0.2) is 13.2 Å². The molecule has 0 saturated carbocycles. The number of nitrogens with zero attached hydrogens (tertiary/aromatic N) is 3. The van der Waals surface area contributed by atoms with Crippen LogP contribution in [0.25, 0.3) is 0 Å². The van der Waals surface area contributed by atoms with Crippen molar-refractivity contribution in [3.05, 3.63) is 29.3 Å². The molecule has 0 radical (unpaired) electrons. The van der Waals surface area contributed by atoms with Crippen molar-refractivity contribution in [1.29, 1.82) is 0 Å². The van der Waals surface area contributed by atoms with E-state index in [0.29, 0.717) is 18.8 Å². The molecule has 3 aliphatic rings. The smallest absolute Gasteiger partial charge is 0.325 e. The second-order valence-electron chi connectivity index (χ2n) is 8.63. The zero-order valence-corrected chi connectivity index (χ0v) is 18.0. The molecule has 2 atom stereocenters. The minimum atomic E-state index is -3.25. The molecule has 0 aromatic heterocycles. The van der Waals surface area contributed by atoms with Crippen molar-refractivity contribution in [2.75, 3.05) is 36.0 Å². The van der Waals surface area contributed by atoms with Gasteiger partial charge in [0.05, 0.1) is 23.6 Å². The monoisotopic (exact) mass is 419 g/mol. The van der Waals surface area contributed by atoms with E-state index in [2.05, 4.69) is 0 Å². The van der Waals surface area contributed by atoms with Gasteiger partial charge in [0, 0.05) is 18.8 Å². The van der Waals surface area contributed by atoms with Gasteiger partial charge in [-0.2, -0.15) is 0 Å². The quantitative estimate of drug-likeness (QED) is 0.703. The van der Waals surface area contributed by atoms with Gasteiger partial charge >= 0.3 is 6.03 Å². The fourth-order valence-corrected chi connectivity index (χ4v) is 6.87. The van der Waals surface area contributed by atoms with Gasteiger partial charge in [-0.15, -0.1) is 0 Å². The molecule has 7 nitrogen and oxygen atoms in total. The Morgan fingerprint density at radius 2 is 1.55 bits per heavy atom. The van der Waals surface area contributed by atoms with Gasteiger partial charge in [0.25, 0.3) is 0 Å². The van der Waals surface area contributed by atoms with Gasteiger partial charge in [0.2, 0.25) is 5.91 Å². The molecule has 0 aliphatic carbocycles. The van der Waals surface area contributed by atoms with Crippen LogP contribution in [-0.4, -0.2) is 73.4 Å². The predicted molar refractivity (Wildman–Crippen MR) is 112 cm³/mol. The number of hydrogen-bond acceptors (Lipinski definition) is 4. The number of carbonyl (C=O) groups is 2. The standard InChI is InChI=1S/C21H29N3O4S/c1-15-9-16(2)11-17(10-15)24-19-14-29(27,28)13-18(19)23(21(24)26)12-20(25)22-7-5-3-4-6-8-22/h9-11,18-19H,3-8,12-14H2,1-2H3/t18-,19-/m1/s1. The number of rotatable bonds is 3. The van der Waals surface area contributed by atoms with Gasteiger partial charge in [0.15, 0.2) is 9.84 Å². The first-order valence-electron chi connectivity index (χ1n) is 10.4. The van der Waals surface area contributed by atoms with Crippen molar-refractivity contribution in [2.24, 2.45) is 0 Å². The third-order valence-corrected chi connectivity index (χ3v) is 7.93. The van der Waals surface area contributed by atoms with E-state index < -0.39 is 21.9 Å². The number of hydrogen-bond donors (Lipinski definition) is 0. The average molecular weight is 420 g/mol. The molecule has 8 heteroatoms. The highest BCUT2D eigenvalue weighted by Crippen LogP contribution is 2.35. The van der Waals surface area contributed by atoms with Crippen LogP contribution in [0.5, 0.6) is 0 Å². The molecule has 0 N–H and O–H groups in total. The Morgan fingerprint density at radius 3 is 2.17 bits per heavy atom. The molecule has 0 bridgehead atoms. The number of urea groups is 1. The van der Waals surface area contributed by atoms with Gasteiger partial charge in [-0.05, 0) is 49.9 Å². The summed E-state index contributed by atoms with van der Waals surface area (Å²) in [4.78, 5) is 31.2. The minimum Gasteiger partial charge on any atom is -0.341 e. The van der Waals surface area contributed by atoms with Gasteiger partial charge in [-0.3, -0.25) is 9.69 Å². The second-order valence-corrected chi connectivity index (χ2v) is 10.8. The molecule has 1 aromatic rings. The molecule has 0 unspecified atom stereocenters. The third kappa shape index (κ3) is 3.99. The Morgan fingerprint density at radius 1 is 0.966 bits per heavy atom. The second kappa shape index (κ2) is 7.63. The zero-order valence-electron chi connectivity index (χ0n) is 17.1. The predicted octanol–water partition coefficient (Wildman–Crippen LogP) is 2.11. The normalized spacial score (nSPS) is 26.6. The molecule has 158 valence electrons. The van der Waals surface area contributed by atoms with E-state index in [1.54, 1.807) is 4.90 Å². The van der Waals surface area contributed by atoms with Crippen molar-refractivity contribution in [3.63, 3.8) is 0 Å². The third-order valence-electron chi connectivity index (χ3n) is 6.23. The van der Waals surface area contributed by atoms with Gasteiger partial charge in [0.1, 0.15) is 6.54 Å². The van der Waals surface area contributed by atoms with Crippen LogP contribution in [-0.2, 0) is 14.6 Å². The van der Waals surface area contributed by atoms with Crippen LogP contribution < -0.4 is 4.90 Å². The largest absolute Gasteiger partial charge is 0.341 e. The lowest BCUT2D eigenvalue weighted by atomic mass is 10.1.